The number of methoxy groups -OCH3 is 1. The molecule has 1 heterocycles. The lowest BCUT2D eigenvalue weighted by Crippen LogP contribution is -2.00. The van der Waals surface area contributed by atoms with E-state index in [1.165, 1.54) is 0 Å². The molecule has 104 valence electrons. The Morgan fingerprint density at radius 1 is 1.19 bits per heavy atom. The number of hydrogen-bond donors (Lipinski definition) is 0. The highest BCUT2D eigenvalue weighted by molar-refractivity contribution is 9.10. The van der Waals surface area contributed by atoms with Gasteiger partial charge < -0.3 is 9.30 Å². The van der Waals surface area contributed by atoms with E-state index in [9.17, 15) is 0 Å². The summed E-state index contributed by atoms with van der Waals surface area (Å²) in [6, 6.07) is 15.9. The van der Waals surface area contributed by atoms with Gasteiger partial charge in [-0.3, -0.25) is 0 Å². The minimum Gasteiger partial charge on any atom is -0.496 e. The number of ether oxygens (including phenoxy) is 1. The maximum atomic E-state index is 9.05. The summed E-state index contributed by atoms with van der Waals surface area (Å²) in [6.45, 7) is 0.695. The third-order valence-corrected chi connectivity index (χ3v) is 3.98. The molecule has 0 fully saturated rings. The first-order valence-electron chi connectivity index (χ1n) is 6.52. The highest BCUT2D eigenvalue weighted by atomic mass is 79.9. The number of rotatable bonds is 3. The first-order chi connectivity index (χ1) is 10.2. The SMILES string of the molecule is COc1ccc(Br)cc1Cn1ccc2ccc(C#N)cc21. The molecule has 4 heteroatoms. The Labute approximate surface area is 131 Å². The van der Waals surface area contributed by atoms with E-state index in [1.807, 2.05) is 36.5 Å². The summed E-state index contributed by atoms with van der Waals surface area (Å²) in [5.41, 5.74) is 2.81. The molecule has 21 heavy (non-hydrogen) atoms. The molecule has 2 aromatic carbocycles. The quantitative estimate of drug-likeness (QED) is 0.711. The Bertz CT molecular complexity index is 846. The minimum atomic E-state index is 0.670. The number of nitrogens with zero attached hydrogens (tertiary/aromatic N) is 2. The number of fused-ring (bicyclic) bond motifs is 1. The molecule has 3 nitrogen and oxygen atoms in total. The van der Waals surface area contributed by atoms with Crippen molar-refractivity contribution in [2.24, 2.45) is 0 Å². The number of aromatic nitrogens is 1. The fourth-order valence-electron chi connectivity index (χ4n) is 2.45. The second-order valence-electron chi connectivity index (χ2n) is 4.79. The van der Waals surface area contributed by atoms with Crippen molar-refractivity contribution in [1.29, 1.82) is 5.26 Å². The number of hydrogen-bond acceptors (Lipinski definition) is 2. The molecule has 0 saturated carbocycles. The summed E-state index contributed by atoms with van der Waals surface area (Å²) in [5.74, 6) is 0.858. The summed E-state index contributed by atoms with van der Waals surface area (Å²) in [6.07, 6.45) is 2.03. The van der Waals surface area contributed by atoms with Crippen LogP contribution >= 0.6 is 15.9 Å². The molecule has 0 aliphatic carbocycles. The predicted molar refractivity (Wildman–Crippen MR) is 86.4 cm³/mol. The molecule has 0 atom stereocenters. The lowest BCUT2D eigenvalue weighted by molar-refractivity contribution is 0.408. The van der Waals surface area contributed by atoms with Gasteiger partial charge in [-0.1, -0.05) is 22.0 Å². The first-order valence-corrected chi connectivity index (χ1v) is 7.32. The third-order valence-electron chi connectivity index (χ3n) is 3.49. The molecule has 0 radical (unpaired) electrons. The van der Waals surface area contributed by atoms with Crippen LogP contribution in [0.3, 0.4) is 0 Å². The molecule has 0 spiro atoms. The van der Waals surface area contributed by atoms with Gasteiger partial charge in [0.2, 0.25) is 0 Å². The molecule has 0 bridgehead atoms. The molecular weight excluding hydrogens is 328 g/mol. The van der Waals surface area contributed by atoms with Crippen LogP contribution in [0, 0.1) is 11.3 Å². The number of benzene rings is 2. The maximum Gasteiger partial charge on any atom is 0.123 e. The van der Waals surface area contributed by atoms with Gasteiger partial charge in [0.15, 0.2) is 0 Å². The Morgan fingerprint density at radius 2 is 2.05 bits per heavy atom. The van der Waals surface area contributed by atoms with Crippen molar-refractivity contribution < 1.29 is 4.74 Å². The first kappa shape index (κ1) is 13.7. The van der Waals surface area contributed by atoms with Gasteiger partial charge in [-0.25, -0.2) is 0 Å². The van der Waals surface area contributed by atoms with E-state index in [4.69, 9.17) is 10.00 Å². The van der Waals surface area contributed by atoms with Crippen LogP contribution in [0.4, 0.5) is 0 Å². The van der Waals surface area contributed by atoms with E-state index < -0.39 is 0 Å². The normalized spacial score (nSPS) is 10.5. The Hall–Kier alpha value is -2.25. The van der Waals surface area contributed by atoms with Gasteiger partial charge in [-0.05, 0) is 41.8 Å². The fraction of sp³-hybridized carbons (Fsp3) is 0.118. The van der Waals surface area contributed by atoms with Gasteiger partial charge in [0.25, 0.3) is 0 Å². The molecule has 0 N–H and O–H groups in total. The summed E-state index contributed by atoms with van der Waals surface area (Å²) in [4.78, 5) is 0. The van der Waals surface area contributed by atoms with Crippen LogP contribution in [-0.4, -0.2) is 11.7 Å². The van der Waals surface area contributed by atoms with Crippen LogP contribution in [-0.2, 0) is 6.54 Å². The van der Waals surface area contributed by atoms with E-state index >= 15 is 0 Å². The zero-order chi connectivity index (χ0) is 14.8. The van der Waals surface area contributed by atoms with E-state index in [-0.39, 0.29) is 0 Å². The second-order valence-corrected chi connectivity index (χ2v) is 5.70. The zero-order valence-electron chi connectivity index (χ0n) is 11.5. The molecule has 0 amide bonds. The van der Waals surface area contributed by atoms with Crippen LogP contribution in [0.2, 0.25) is 0 Å². The summed E-state index contributed by atoms with van der Waals surface area (Å²) in [5, 5.41) is 10.2. The fourth-order valence-corrected chi connectivity index (χ4v) is 2.85. The average molecular weight is 341 g/mol. The average Bonchev–Trinajstić information content (AvgIpc) is 2.90. The minimum absolute atomic E-state index is 0.670. The van der Waals surface area contributed by atoms with E-state index in [2.05, 4.69) is 38.7 Å². The lowest BCUT2D eigenvalue weighted by Gasteiger charge is -2.11. The van der Waals surface area contributed by atoms with Crippen molar-refractivity contribution in [3.05, 3.63) is 64.3 Å². The topological polar surface area (TPSA) is 38.0 Å². The van der Waals surface area contributed by atoms with Crippen molar-refractivity contribution in [3.8, 4) is 11.8 Å². The van der Waals surface area contributed by atoms with Crippen LogP contribution in [0.5, 0.6) is 5.75 Å². The highest BCUT2D eigenvalue weighted by Crippen LogP contribution is 2.26. The Balaban J connectivity index is 2.06. The van der Waals surface area contributed by atoms with Gasteiger partial charge >= 0.3 is 0 Å². The number of nitriles is 1. The smallest absolute Gasteiger partial charge is 0.123 e. The van der Waals surface area contributed by atoms with Crippen LogP contribution in [0.15, 0.2) is 53.1 Å². The van der Waals surface area contributed by atoms with Gasteiger partial charge in [-0.2, -0.15) is 5.26 Å². The summed E-state index contributed by atoms with van der Waals surface area (Å²) in [7, 11) is 1.67. The van der Waals surface area contributed by atoms with Crippen molar-refractivity contribution in [2.45, 2.75) is 6.54 Å². The molecule has 3 rings (SSSR count). The van der Waals surface area contributed by atoms with Gasteiger partial charge in [-0.15, -0.1) is 0 Å². The largest absolute Gasteiger partial charge is 0.496 e. The van der Waals surface area contributed by atoms with Crippen molar-refractivity contribution >= 4 is 26.8 Å². The second kappa shape index (κ2) is 5.63. The molecule has 0 aliphatic rings. The van der Waals surface area contributed by atoms with Crippen LogP contribution in [0.1, 0.15) is 11.1 Å². The molecular formula is C17H13BrN2O. The van der Waals surface area contributed by atoms with Crippen LogP contribution < -0.4 is 4.74 Å². The molecule has 0 aliphatic heterocycles. The number of halogens is 1. The van der Waals surface area contributed by atoms with Crippen molar-refractivity contribution in [1.82, 2.24) is 4.57 Å². The molecule has 3 aromatic rings. The van der Waals surface area contributed by atoms with Crippen molar-refractivity contribution in [3.63, 3.8) is 0 Å². The molecule has 0 saturated heterocycles. The highest BCUT2D eigenvalue weighted by Gasteiger charge is 2.07. The van der Waals surface area contributed by atoms with Crippen molar-refractivity contribution in [2.75, 3.05) is 7.11 Å². The zero-order valence-corrected chi connectivity index (χ0v) is 13.1. The van der Waals surface area contributed by atoms with E-state index in [0.717, 1.165) is 26.7 Å². The maximum absolute atomic E-state index is 9.05. The molecule has 0 unspecified atom stereocenters. The Kier molecular flexibility index (Phi) is 3.68. The monoisotopic (exact) mass is 340 g/mol. The van der Waals surface area contributed by atoms with Gasteiger partial charge in [0, 0.05) is 21.7 Å². The predicted octanol–water partition coefficient (Wildman–Crippen LogP) is 4.33. The van der Waals surface area contributed by atoms with Crippen LogP contribution in [0.25, 0.3) is 10.9 Å². The Morgan fingerprint density at radius 3 is 2.81 bits per heavy atom. The van der Waals surface area contributed by atoms with E-state index in [0.29, 0.717) is 12.1 Å². The summed E-state index contributed by atoms with van der Waals surface area (Å²) < 4.78 is 8.57. The van der Waals surface area contributed by atoms with Gasteiger partial charge in [0.1, 0.15) is 5.75 Å². The van der Waals surface area contributed by atoms with Gasteiger partial charge in [0.05, 0.1) is 25.3 Å². The summed E-state index contributed by atoms with van der Waals surface area (Å²) >= 11 is 3.49. The molecule has 1 aromatic heterocycles. The standard InChI is InChI=1S/C17H13BrN2O/c1-21-17-5-4-15(18)9-14(17)11-20-7-6-13-3-2-12(10-19)8-16(13)20/h2-9H,11H2,1H3. The van der Waals surface area contributed by atoms with E-state index in [1.54, 1.807) is 7.11 Å². The lowest BCUT2D eigenvalue weighted by atomic mass is 10.1. The third kappa shape index (κ3) is 2.65.